The molecule has 2 fully saturated rings. The highest BCUT2D eigenvalue weighted by Crippen LogP contribution is 2.23. The average molecular weight is 424 g/mol. The van der Waals surface area contributed by atoms with Crippen LogP contribution in [0.2, 0.25) is 0 Å². The van der Waals surface area contributed by atoms with Crippen molar-refractivity contribution in [2.24, 2.45) is 5.92 Å². The van der Waals surface area contributed by atoms with Crippen molar-refractivity contribution in [2.75, 3.05) is 19.6 Å². The molecule has 0 aromatic heterocycles. The number of hydrogen-bond acceptors (Lipinski definition) is 5. The summed E-state index contributed by atoms with van der Waals surface area (Å²) in [5.74, 6) is 0.478. The zero-order valence-electron chi connectivity index (χ0n) is 14.5. The molecular weight excluding hydrogens is 398 g/mol. The molecular formula is C16H26ClN3O4S2. The Morgan fingerprint density at radius 1 is 1.04 bits per heavy atom. The van der Waals surface area contributed by atoms with Gasteiger partial charge in [-0.2, -0.15) is 0 Å². The lowest BCUT2D eigenvalue weighted by atomic mass is 9.96. The molecule has 3 rings (SSSR count). The predicted octanol–water partition coefficient (Wildman–Crippen LogP) is 1.22. The van der Waals surface area contributed by atoms with E-state index in [1.54, 1.807) is 0 Å². The third kappa shape index (κ3) is 5.90. The first-order chi connectivity index (χ1) is 11.9. The van der Waals surface area contributed by atoms with E-state index in [0.29, 0.717) is 12.5 Å². The fraction of sp³-hybridized carbons (Fsp3) is 0.625. The summed E-state index contributed by atoms with van der Waals surface area (Å²) >= 11 is 0. The maximum atomic E-state index is 12.4. The van der Waals surface area contributed by atoms with Crippen LogP contribution in [0.1, 0.15) is 32.1 Å². The monoisotopic (exact) mass is 423 g/mol. The van der Waals surface area contributed by atoms with Crippen molar-refractivity contribution < 1.29 is 16.8 Å². The summed E-state index contributed by atoms with van der Waals surface area (Å²) in [6.07, 6.45) is 4.65. The van der Waals surface area contributed by atoms with Crippen molar-refractivity contribution in [3.8, 4) is 0 Å². The SMILES string of the molecule is Cl.O=S(=O)(NCCC1CCCNC1)c1cccc(S(=O)(=O)NC2CC2)c1. The van der Waals surface area contributed by atoms with Crippen LogP contribution in [0.3, 0.4) is 0 Å². The Labute approximate surface area is 161 Å². The van der Waals surface area contributed by atoms with Crippen molar-refractivity contribution in [3.63, 3.8) is 0 Å². The molecule has 1 aromatic carbocycles. The predicted molar refractivity (Wildman–Crippen MR) is 102 cm³/mol. The molecule has 1 unspecified atom stereocenters. The molecule has 1 aliphatic heterocycles. The standard InChI is InChI=1S/C16H25N3O4S2.ClH/c20-24(21,18-10-8-13-3-2-9-17-12-13)15-4-1-5-16(11-15)25(22,23)19-14-6-7-14;/h1,4-5,11,13-14,17-19H,2-3,6-10,12H2;1H. The van der Waals surface area contributed by atoms with Crippen LogP contribution in [0.5, 0.6) is 0 Å². The Hall–Kier alpha value is -0.710. The largest absolute Gasteiger partial charge is 0.316 e. The lowest BCUT2D eigenvalue weighted by Crippen LogP contribution is -2.33. The van der Waals surface area contributed by atoms with E-state index in [1.807, 2.05) is 0 Å². The number of rotatable bonds is 8. The summed E-state index contributed by atoms with van der Waals surface area (Å²) in [6, 6.07) is 5.49. The number of nitrogens with one attached hydrogen (secondary N) is 3. The molecule has 0 spiro atoms. The zero-order chi connectivity index (χ0) is 17.9. The van der Waals surface area contributed by atoms with Crippen molar-refractivity contribution in [2.45, 2.75) is 47.9 Å². The van der Waals surface area contributed by atoms with E-state index < -0.39 is 20.0 Å². The maximum absolute atomic E-state index is 12.4. The van der Waals surface area contributed by atoms with E-state index >= 15 is 0 Å². The van der Waals surface area contributed by atoms with Gasteiger partial charge in [-0.05, 0) is 69.3 Å². The molecule has 1 saturated carbocycles. The van der Waals surface area contributed by atoms with Crippen molar-refractivity contribution in [3.05, 3.63) is 24.3 Å². The minimum atomic E-state index is -3.72. The van der Waals surface area contributed by atoms with E-state index in [-0.39, 0.29) is 28.2 Å². The Bertz CT molecular complexity index is 805. The molecule has 1 heterocycles. The molecule has 1 atom stereocenters. The van der Waals surface area contributed by atoms with Crippen LogP contribution in [0.15, 0.2) is 34.1 Å². The van der Waals surface area contributed by atoms with Gasteiger partial charge in [0.15, 0.2) is 0 Å². The van der Waals surface area contributed by atoms with Crippen molar-refractivity contribution >= 4 is 32.5 Å². The summed E-state index contributed by atoms with van der Waals surface area (Å²) in [5, 5.41) is 3.31. The first-order valence-corrected chi connectivity index (χ1v) is 11.7. The van der Waals surface area contributed by atoms with E-state index in [0.717, 1.165) is 45.2 Å². The van der Waals surface area contributed by atoms with Crippen LogP contribution in [0.25, 0.3) is 0 Å². The highest BCUT2D eigenvalue weighted by molar-refractivity contribution is 7.90. The Morgan fingerprint density at radius 2 is 1.73 bits per heavy atom. The van der Waals surface area contributed by atoms with Crippen LogP contribution in [0, 0.1) is 5.92 Å². The van der Waals surface area contributed by atoms with Gasteiger partial charge >= 0.3 is 0 Å². The minimum Gasteiger partial charge on any atom is -0.316 e. The third-order valence-electron chi connectivity index (χ3n) is 4.57. The van der Waals surface area contributed by atoms with Crippen LogP contribution < -0.4 is 14.8 Å². The molecule has 1 aliphatic carbocycles. The highest BCUT2D eigenvalue weighted by atomic mass is 35.5. The minimum absolute atomic E-state index is 0. The summed E-state index contributed by atoms with van der Waals surface area (Å²) < 4.78 is 54.5. The second-order valence-electron chi connectivity index (χ2n) is 6.77. The van der Waals surface area contributed by atoms with Crippen LogP contribution in [-0.2, 0) is 20.0 Å². The van der Waals surface area contributed by atoms with Gasteiger partial charge in [-0.3, -0.25) is 0 Å². The molecule has 0 bridgehead atoms. The summed E-state index contributed by atoms with van der Waals surface area (Å²) in [5.41, 5.74) is 0. The van der Waals surface area contributed by atoms with Crippen molar-refractivity contribution in [1.29, 1.82) is 0 Å². The molecule has 1 aromatic rings. The quantitative estimate of drug-likeness (QED) is 0.583. The average Bonchev–Trinajstić information content (AvgIpc) is 3.39. The summed E-state index contributed by atoms with van der Waals surface area (Å²) in [7, 11) is -7.39. The number of hydrogen-bond donors (Lipinski definition) is 3. The van der Waals surface area contributed by atoms with Gasteiger partial charge in [0, 0.05) is 12.6 Å². The Kier molecular flexibility index (Phi) is 7.46. The second kappa shape index (κ2) is 8.99. The third-order valence-corrected chi connectivity index (χ3v) is 7.55. The molecule has 148 valence electrons. The lowest BCUT2D eigenvalue weighted by molar-refractivity contribution is 0.358. The number of halogens is 1. The number of sulfonamides is 2. The normalized spacial score (nSPS) is 21.2. The summed E-state index contributed by atoms with van der Waals surface area (Å²) in [4.78, 5) is -0.0355. The van der Waals surface area contributed by atoms with Gasteiger partial charge in [0.25, 0.3) is 0 Å². The highest BCUT2D eigenvalue weighted by Gasteiger charge is 2.28. The van der Waals surface area contributed by atoms with Gasteiger partial charge in [0.1, 0.15) is 0 Å². The fourth-order valence-electron chi connectivity index (χ4n) is 2.95. The Balaban J connectivity index is 0.00000243. The van der Waals surface area contributed by atoms with Gasteiger partial charge in [-0.1, -0.05) is 6.07 Å². The van der Waals surface area contributed by atoms with Gasteiger partial charge in [-0.15, -0.1) is 12.4 Å². The lowest BCUT2D eigenvalue weighted by Gasteiger charge is -2.22. The summed E-state index contributed by atoms with van der Waals surface area (Å²) in [6.45, 7) is 2.30. The molecule has 10 heteroatoms. The molecule has 2 aliphatic rings. The smallest absolute Gasteiger partial charge is 0.240 e. The molecule has 0 radical (unpaired) electrons. The number of piperidine rings is 1. The van der Waals surface area contributed by atoms with Gasteiger partial charge in [0.2, 0.25) is 20.0 Å². The van der Waals surface area contributed by atoms with Crippen LogP contribution >= 0.6 is 12.4 Å². The second-order valence-corrected chi connectivity index (χ2v) is 10.3. The molecule has 7 nitrogen and oxygen atoms in total. The zero-order valence-corrected chi connectivity index (χ0v) is 16.9. The van der Waals surface area contributed by atoms with Crippen molar-refractivity contribution in [1.82, 2.24) is 14.8 Å². The fourth-order valence-corrected chi connectivity index (χ4v) is 5.47. The molecule has 1 saturated heterocycles. The number of benzene rings is 1. The Morgan fingerprint density at radius 3 is 2.35 bits per heavy atom. The van der Waals surface area contributed by atoms with Gasteiger partial charge in [-0.25, -0.2) is 26.3 Å². The van der Waals surface area contributed by atoms with E-state index in [9.17, 15) is 16.8 Å². The van der Waals surface area contributed by atoms with E-state index in [4.69, 9.17) is 0 Å². The first kappa shape index (κ1) is 21.6. The van der Waals surface area contributed by atoms with Crippen LogP contribution in [-0.4, -0.2) is 42.5 Å². The molecule has 0 amide bonds. The molecule has 26 heavy (non-hydrogen) atoms. The molecule has 3 N–H and O–H groups in total. The van der Waals surface area contributed by atoms with Crippen LogP contribution in [0.4, 0.5) is 0 Å². The maximum Gasteiger partial charge on any atom is 0.240 e. The van der Waals surface area contributed by atoms with E-state index in [2.05, 4.69) is 14.8 Å². The van der Waals surface area contributed by atoms with Gasteiger partial charge < -0.3 is 5.32 Å². The first-order valence-electron chi connectivity index (χ1n) is 8.70. The van der Waals surface area contributed by atoms with E-state index in [1.165, 1.54) is 24.3 Å². The van der Waals surface area contributed by atoms with Gasteiger partial charge in [0.05, 0.1) is 9.79 Å². The topological polar surface area (TPSA) is 104 Å².